The molecule has 3 amide bonds. The maximum absolute atomic E-state index is 11.9. The number of rotatable bonds is 1. The standard InChI is InChI=1S/C12H17BrN2O4/c1-18-8-4-6(13)2-5-3-7-10(16)14-12(17)15-11(7)19-9(5)8/h5-9,11H,2-4H2,1H3,(H2,14,15,16,17). The second-order valence-corrected chi connectivity index (χ2v) is 6.72. The number of carbonyl (C=O) groups is 2. The van der Waals surface area contributed by atoms with Crippen molar-refractivity contribution in [2.45, 2.75) is 42.5 Å². The number of fused-ring (bicyclic) bond motifs is 2. The molecule has 3 rings (SSSR count). The topological polar surface area (TPSA) is 76.7 Å². The molecule has 2 aliphatic heterocycles. The first-order chi connectivity index (χ1) is 9.08. The van der Waals surface area contributed by atoms with E-state index in [-0.39, 0.29) is 30.0 Å². The fourth-order valence-corrected chi connectivity index (χ4v) is 4.22. The Kier molecular flexibility index (Phi) is 3.53. The van der Waals surface area contributed by atoms with Crippen LogP contribution in [0.4, 0.5) is 4.79 Å². The second kappa shape index (κ2) is 5.03. The molecule has 0 aromatic carbocycles. The predicted octanol–water partition coefficient (Wildman–Crippen LogP) is 0.745. The number of imide groups is 1. The predicted molar refractivity (Wildman–Crippen MR) is 69.7 cm³/mol. The Hall–Kier alpha value is -0.660. The van der Waals surface area contributed by atoms with E-state index in [4.69, 9.17) is 9.47 Å². The van der Waals surface area contributed by atoms with Crippen LogP contribution in [0.25, 0.3) is 0 Å². The van der Waals surface area contributed by atoms with Crippen LogP contribution < -0.4 is 10.6 Å². The number of ether oxygens (including phenoxy) is 2. The molecule has 0 bridgehead atoms. The molecule has 3 fully saturated rings. The van der Waals surface area contributed by atoms with Crippen LogP contribution in [0.3, 0.4) is 0 Å². The quantitative estimate of drug-likeness (QED) is 0.694. The van der Waals surface area contributed by atoms with E-state index in [1.807, 2.05) is 0 Å². The third-order valence-corrected chi connectivity index (χ3v) is 5.00. The van der Waals surface area contributed by atoms with Gasteiger partial charge in [0.1, 0.15) is 6.23 Å². The number of hydrogen-bond donors (Lipinski definition) is 2. The monoisotopic (exact) mass is 332 g/mol. The van der Waals surface area contributed by atoms with Gasteiger partial charge in [0.15, 0.2) is 0 Å². The summed E-state index contributed by atoms with van der Waals surface area (Å²) in [5, 5.41) is 4.98. The number of methoxy groups -OCH3 is 1. The molecule has 1 saturated carbocycles. The zero-order chi connectivity index (χ0) is 13.6. The molecule has 0 spiro atoms. The smallest absolute Gasteiger partial charge is 0.323 e. The largest absolute Gasteiger partial charge is 0.379 e. The molecular formula is C12H17BrN2O4. The van der Waals surface area contributed by atoms with Gasteiger partial charge in [-0.3, -0.25) is 10.1 Å². The number of urea groups is 1. The highest BCUT2D eigenvalue weighted by Crippen LogP contribution is 2.41. The van der Waals surface area contributed by atoms with E-state index >= 15 is 0 Å². The van der Waals surface area contributed by atoms with E-state index < -0.39 is 12.3 Å². The van der Waals surface area contributed by atoms with Gasteiger partial charge in [0.05, 0.1) is 18.1 Å². The normalized spacial score (nSPS) is 45.8. The van der Waals surface area contributed by atoms with Gasteiger partial charge >= 0.3 is 6.03 Å². The third-order valence-electron chi connectivity index (χ3n) is 4.25. The third kappa shape index (κ3) is 2.39. The summed E-state index contributed by atoms with van der Waals surface area (Å²) in [4.78, 5) is 23.6. The Morgan fingerprint density at radius 1 is 1.32 bits per heavy atom. The molecule has 1 aliphatic carbocycles. The lowest BCUT2D eigenvalue weighted by molar-refractivity contribution is -0.189. The molecule has 6 unspecified atom stereocenters. The minimum atomic E-state index is -0.521. The van der Waals surface area contributed by atoms with E-state index in [0.717, 1.165) is 19.3 Å². The van der Waals surface area contributed by atoms with Crippen molar-refractivity contribution in [1.29, 1.82) is 0 Å². The maximum atomic E-state index is 11.9. The lowest BCUT2D eigenvalue weighted by Crippen LogP contribution is -2.65. The highest BCUT2D eigenvalue weighted by molar-refractivity contribution is 9.09. The van der Waals surface area contributed by atoms with Crippen molar-refractivity contribution in [2.24, 2.45) is 11.8 Å². The molecule has 2 saturated heterocycles. The van der Waals surface area contributed by atoms with Crippen LogP contribution in [0.15, 0.2) is 0 Å². The molecule has 0 radical (unpaired) electrons. The Morgan fingerprint density at radius 3 is 2.84 bits per heavy atom. The highest BCUT2D eigenvalue weighted by Gasteiger charge is 2.49. The van der Waals surface area contributed by atoms with E-state index in [1.165, 1.54) is 0 Å². The van der Waals surface area contributed by atoms with Gasteiger partial charge in [-0.1, -0.05) is 15.9 Å². The lowest BCUT2D eigenvalue weighted by Gasteiger charge is -2.48. The van der Waals surface area contributed by atoms with Crippen molar-refractivity contribution >= 4 is 27.9 Å². The summed E-state index contributed by atoms with van der Waals surface area (Å²) in [6.45, 7) is 0. The van der Waals surface area contributed by atoms with Gasteiger partial charge < -0.3 is 14.8 Å². The van der Waals surface area contributed by atoms with Crippen LogP contribution in [0.5, 0.6) is 0 Å². The number of hydrogen-bond acceptors (Lipinski definition) is 4. The summed E-state index contributed by atoms with van der Waals surface area (Å²) in [6, 6.07) is -0.479. The van der Waals surface area contributed by atoms with Crippen LogP contribution >= 0.6 is 15.9 Å². The maximum Gasteiger partial charge on any atom is 0.323 e. The number of carbonyl (C=O) groups excluding carboxylic acids is 2. The van der Waals surface area contributed by atoms with E-state index in [0.29, 0.717) is 4.83 Å². The molecule has 0 aromatic heterocycles. The Morgan fingerprint density at radius 2 is 2.11 bits per heavy atom. The van der Waals surface area contributed by atoms with Crippen LogP contribution in [0.1, 0.15) is 19.3 Å². The summed E-state index contributed by atoms with van der Waals surface area (Å²) in [6.07, 6.45) is 2.01. The van der Waals surface area contributed by atoms with E-state index in [9.17, 15) is 9.59 Å². The Labute approximate surface area is 119 Å². The number of alkyl halides is 1. The van der Waals surface area contributed by atoms with Crippen molar-refractivity contribution in [2.75, 3.05) is 7.11 Å². The molecular weight excluding hydrogens is 316 g/mol. The van der Waals surface area contributed by atoms with Gasteiger partial charge in [-0.15, -0.1) is 0 Å². The molecule has 106 valence electrons. The molecule has 6 nitrogen and oxygen atoms in total. The first-order valence-corrected chi connectivity index (χ1v) is 7.43. The average Bonchev–Trinajstić information content (AvgIpc) is 2.36. The number of nitrogens with one attached hydrogen (secondary N) is 2. The average molecular weight is 333 g/mol. The van der Waals surface area contributed by atoms with Gasteiger partial charge in [-0.2, -0.15) is 0 Å². The molecule has 19 heavy (non-hydrogen) atoms. The van der Waals surface area contributed by atoms with Crippen LogP contribution in [0.2, 0.25) is 0 Å². The van der Waals surface area contributed by atoms with Crippen molar-refractivity contribution in [3.63, 3.8) is 0 Å². The van der Waals surface area contributed by atoms with Gasteiger partial charge in [0, 0.05) is 11.9 Å². The lowest BCUT2D eigenvalue weighted by atomic mass is 9.75. The van der Waals surface area contributed by atoms with Crippen LogP contribution in [0, 0.1) is 11.8 Å². The van der Waals surface area contributed by atoms with E-state index in [1.54, 1.807) is 7.11 Å². The summed E-state index contributed by atoms with van der Waals surface area (Å²) in [5.41, 5.74) is 0. The molecule has 7 heteroatoms. The zero-order valence-electron chi connectivity index (χ0n) is 10.6. The summed E-state index contributed by atoms with van der Waals surface area (Å²) in [5.74, 6) is -0.253. The van der Waals surface area contributed by atoms with Crippen molar-refractivity contribution in [1.82, 2.24) is 10.6 Å². The molecule has 2 N–H and O–H groups in total. The summed E-state index contributed by atoms with van der Waals surface area (Å²) < 4.78 is 11.4. The van der Waals surface area contributed by atoms with Crippen molar-refractivity contribution in [3.05, 3.63) is 0 Å². The summed E-state index contributed by atoms with van der Waals surface area (Å²) >= 11 is 3.64. The highest BCUT2D eigenvalue weighted by atomic mass is 79.9. The van der Waals surface area contributed by atoms with Crippen molar-refractivity contribution < 1.29 is 19.1 Å². The van der Waals surface area contributed by atoms with Crippen molar-refractivity contribution in [3.8, 4) is 0 Å². The van der Waals surface area contributed by atoms with Gasteiger partial charge in [0.25, 0.3) is 0 Å². The van der Waals surface area contributed by atoms with Gasteiger partial charge in [-0.25, -0.2) is 4.79 Å². The first-order valence-electron chi connectivity index (χ1n) is 6.52. The molecule has 3 aliphatic rings. The summed E-state index contributed by atoms with van der Waals surface area (Å²) in [7, 11) is 1.67. The van der Waals surface area contributed by atoms with E-state index in [2.05, 4.69) is 26.6 Å². The molecule has 0 aromatic rings. The zero-order valence-corrected chi connectivity index (χ0v) is 12.2. The number of halogens is 1. The Bertz CT molecular complexity index is 405. The fourth-order valence-electron chi connectivity index (χ4n) is 3.37. The molecule has 6 atom stereocenters. The minimum Gasteiger partial charge on any atom is -0.379 e. The minimum absolute atomic E-state index is 0.00552. The van der Waals surface area contributed by atoms with Crippen LogP contribution in [-0.4, -0.2) is 42.3 Å². The number of amides is 3. The Balaban J connectivity index is 1.79. The van der Waals surface area contributed by atoms with Gasteiger partial charge in [-0.05, 0) is 25.2 Å². The van der Waals surface area contributed by atoms with Crippen LogP contribution in [-0.2, 0) is 14.3 Å². The first kappa shape index (κ1) is 13.3. The second-order valence-electron chi connectivity index (χ2n) is 5.43. The van der Waals surface area contributed by atoms with Gasteiger partial charge in [0.2, 0.25) is 5.91 Å². The SMILES string of the molecule is COC1CC(Br)CC2CC3C(=O)NC(=O)NC3OC21. The fraction of sp³-hybridized carbons (Fsp3) is 0.833. The molecule has 2 heterocycles.